The predicted octanol–water partition coefficient (Wildman–Crippen LogP) is 5.10. The lowest BCUT2D eigenvalue weighted by atomic mass is 10.1. The van der Waals surface area contributed by atoms with E-state index in [1.807, 2.05) is 24.3 Å². The first-order chi connectivity index (χ1) is 14.5. The molecule has 1 aromatic heterocycles. The number of alkyl halides is 2. The van der Waals surface area contributed by atoms with Crippen LogP contribution in [-0.2, 0) is 9.53 Å². The van der Waals surface area contributed by atoms with Gasteiger partial charge in [0.2, 0.25) is 0 Å². The van der Waals surface area contributed by atoms with Crippen molar-refractivity contribution in [2.75, 3.05) is 36.5 Å². The molecule has 2 aromatic carbocycles. The number of amides is 1. The highest BCUT2D eigenvalue weighted by Gasteiger charge is 2.21. The summed E-state index contributed by atoms with van der Waals surface area (Å²) in [6.45, 7) is 2.94. The number of ether oxygens (including phenoxy) is 1. The van der Waals surface area contributed by atoms with E-state index in [4.69, 9.17) is 44.5 Å². The molecule has 0 radical (unpaired) electrons. The van der Waals surface area contributed by atoms with E-state index in [9.17, 15) is 4.79 Å². The minimum absolute atomic E-state index is 0.492. The molecule has 1 aliphatic rings. The van der Waals surface area contributed by atoms with Gasteiger partial charge in [-0.1, -0.05) is 53.0 Å². The molecule has 1 amide bonds. The van der Waals surface area contributed by atoms with E-state index in [1.54, 1.807) is 18.2 Å². The van der Waals surface area contributed by atoms with Crippen LogP contribution in [0.3, 0.4) is 0 Å². The molecule has 1 saturated heterocycles. The van der Waals surface area contributed by atoms with Crippen molar-refractivity contribution in [2.45, 2.75) is 4.84 Å². The first-order valence-electron chi connectivity index (χ1n) is 9.17. The topological polar surface area (TPSA) is 67.4 Å². The van der Waals surface area contributed by atoms with Crippen LogP contribution in [0.2, 0.25) is 5.02 Å². The average molecular weight is 484 g/mol. The van der Waals surface area contributed by atoms with E-state index in [-0.39, 0.29) is 0 Å². The second kappa shape index (κ2) is 9.49. The molecule has 1 aliphatic heterocycles. The Morgan fingerprint density at radius 2 is 1.93 bits per heavy atom. The van der Waals surface area contributed by atoms with E-state index in [2.05, 4.69) is 14.6 Å². The second-order valence-corrected chi connectivity index (χ2v) is 8.78. The van der Waals surface area contributed by atoms with Crippen molar-refractivity contribution in [1.82, 2.24) is 9.36 Å². The molecule has 0 aliphatic carbocycles. The zero-order chi connectivity index (χ0) is 21.1. The van der Waals surface area contributed by atoms with Crippen molar-refractivity contribution in [3.8, 4) is 22.0 Å². The number of carbonyl (C=O) groups is 1. The number of nitrogens with one attached hydrogen (secondary N) is 1. The lowest BCUT2D eigenvalue weighted by molar-refractivity contribution is -0.114. The summed E-state index contributed by atoms with van der Waals surface area (Å²) < 4.78 is 9.98. The number of anilines is 2. The quantitative estimate of drug-likeness (QED) is 0.511. The van der Waals surface area contributed by atoms with Crippen LogP contribution in [0.5, 0.6) is 0 Å². The van der Waals surface area contributed by atoms with Crippen molar-refractivity contribution >= 4 is 63.6 Å². The number of carbonyl (C=O) groups excluding carboxylic acids is 1. The van der Waals surface area contributed by atoms with Gasteiger partial charge in [-0.2, -0.15) is 4.37 Å². The van der Waals surface area contributed by atoms with Gasteiger partial charge in [0.05, 0.1) is 23.8 Å². The molecule has 0 atom stereocenters. The molecule has 156 valence electrons. The third-order valence-electron chi connectivity index (χ3n) is 4.57. The van der Waals surface area contributed by atoms with Crippen LogP contribution in [-0.4, -0.2) is 46.4 Å². The summed E-state index contributed by atoms with van der Waals surface area (Å²) in [7, 11) is 0. The summed E-state index contributed by atoms with van der Waals surface area (Å²) in [5, 5.41) is 4.01. The van der Waals surface area contributed by atoms with Crippen molar-refractivity contribution in [2.24, 2.45) is 0 Å². The van der Waals surface area contributed by atoms with Crippen LogP contribution in [0.4, 0.5) is 11.4 Å². The summed E-state index contributed by atoms with van der Waals surface area (Å²) in [4.78, 5) is 17.6. The summed E-state index contributed by atoms with van der Waals surface area (Å²) in [6.07, 6.45) is 0. The molecule has 3 aromatic rings. The molecule has 0 saturated carbocycles. The minimum atomic E-state index is -1.14. The molecule has 1 fully saturated rings. The Labute approximate surface area is 192 Å². The summed E-state index contributed by atoms with van der Waals surface area (Å²) in [5.41, 5.74) is 3.20. The lowest BCUT2D eigenvalue weighted by Gasteiger charge is -2.30. The summed E-state index contributed by atoms with van der Waals surface area (Å²) >= 11 is 19.1. The van der Waals surface area contributed by atoms with Crippen LogP contribution in [0.15, 0.2) is 42.5 Å². The Morgan fingerprint density at radius 1 is 1.17 bits per heavy atom. The standard InChI is InChI=1S/C20H17Cl3N4O2S/c21-14-5-2-6-15(27-7-9-29-10-8-27)16(14)20-25-18(26-30-20)12-3-1-4-13(11-12)24-19(28)17(22)23/h1-6,11,17H,7-10H2,(H,24,28). The van der Waals surface area contributed by atoms with E-state index in [0.29, 0.717) is 29.7 Å². The van der Waals surface area contributed by atoms with Gasteiger partial charge in [0.25, 0.3) is 5.91 Å². The van der Waals surface area contributed by atoms with Crippen molar-refractivity contribution < 1.29 is 9.53 Å². The number of aromatic nitrogens is 2. The highest BCUT2D eigenvalue weighted by atomic mass is 35.5. The maximum absolute atomic E-state index is 11.7. The Morgan fingerprint density at radius 3 is 2.70 bits per heavy atom. The maximum Gasteiger partial charge on any atom is 0.257 e. The van der Waals surface area contributed by atoms with E-state index < -0.39 is 10.7 Å². The first kappa shape index (κ1) is 21.3. The number of nitrogens with zero attached hydrogens (tertiary/aromatic N) is 3. The second-order valence-electron chi connectivity index (χ2n) is 6.53. The van der Waals surface area contributed by atoms with Gasteiger partial charge in [-0.3, -0.25) is 4.79 Å². The summed E-state index contributed by atoms with van der Waals surface area (Å²) in [6, 6.07) is 13.0. The fourth-order valence-electron chi connectivity index (χ4n) is 3.17. The molecule has 30 heavy (non-hydrogen) atoms. The highest BCUT2D eigenvalue weighted by molar-refractivity contribution is 7.09. The molecule has 1 N–H and O–H groups in total. The van der Waals surface area contributed by atoms with Crippen LogP contribution >= 0.6 is 46.3 Å². The molecule has 2 heterocycles. The number of benzene rings is 2. The van der Waals surface area contributed by atoms with Crippen LogP contribution in [0.25, 0.3) is 22.0 Å². The van der Waals surface area contributed by atoms with Crippen LogP contribution < -0.4 is 10.2 Å². The first-order valence-corrected chi connectivity index (χ1v) is 11.2. The van der Waals surface area contributed by atoms with Gasteiger partial charge in [-0.25, -0.2) is 4.98 Å². The van der Waals surface area contributed by atoms with Gasteiger partial charge in [0, 0.05) is 30.0 Å². The monoisotopic (exact) mass is 482 g/mol. The zero-order valence-electron chi connectivity index (χ0n) is 15.6. The Hall–Kier alpha value is -1.90. The molecule has 6 nitrogen and oxygen atoms in total. The molecule has 0 spiro atoms. The number of hydrogen-bond acceptors (Lipinski definition) is 6. The molecule has 10 heteroatoms. The van der Waals surface area contributed by atoms with Gasteiger partial charge in [0.1, 0.15) is 5.01 Å². The van der Waals surface area contributed by atoms with Gasteiger partial charge >= 0.3 is 0 Å². The zero-order valence-corrected chi connectivity index (χ0v) is 18.7. The van der Waals surface area contributed by atoms with Gasteiger partial charge in [-0.15, -0.1) is 0 Å². The molecular formula is C20H17Cl3N4O2S. The normalized spacial score (nSPS) is 14.2. The van der Waals surface area contributed by atoms with Gasteiger partial charge < -0.3 is 15.0 Å². The SMILES string of the molecule is O=C(Nc1cccc(-c2nsc(-c3c(Cl)cccc3N3CCOCC3)n2)c1)C(Cl)Cl. The molecule has 4 rings (SSSR count). The average Bonchev–Trinajstić information content (AvgIpc) is 3.24. The number of halogens is 3. The van der Waals surface area contributed by atoms with Crippen molar-refractivity contribution in [3.63, 3.8) is 0 Å². The van der Waals surface area contributed by atoms with Gasteiger partial charge in [-0.05, 0) is 35.8 Å². The fraction of sp³-hybridized carbons (Fsp3) is 0.250. The molecule has 0 bridgehead atoms. The van der Waals surface area contributed by atoms with Crippen molar-refractivity contribution in [3.05, 3.63) is 47.5 Å². The van der Waals surface area contributed by atoms with Gasteiger partial charge in [0.15, 0.2) is 10.7 Å². The maximum atomic E-state index is 11.7. The third-order valence-corrected chi connectivity index (χ3v) is 6.01. The fourth-order valence-corrected chi connectivity index (χ4v) is 4.34. The van der Waals surface area contributed by atoms with Crippen molar-refractivity contribution in [1.29, 1.82) is 0 Å². The van der Waals surface area contributed by atoms with Crippen LogP contribution in [0, 0.1) is 0 Å². The Kier molecular flexibility index (Phi) is 6.75. The smallest absolute Gasteiger partial charge is 0.257 e. The third kappa shape index (κ3) is 4.71. The Bertz CT molecular complexity index is 1050. The number of rotatable bonds is 5. The largest absolute Gasteiger partial charge is 0.378 e. The molecule has 0 unspecified atom stereocenters. The number of morpholine rings is 1. The highest BCUT2D eigenvalue weighted by Crippen LogP contribution is 2.39. The van der Waals surface area contributed by atoms with E-state index in [0.717, 1.165) is 34.9 Å². The lowest BCUT2D eigenvalue weighted by Crippen LogP contribution is -2.36. The predicted molar refractivity (Wildman–Crippen MR) is 123 cm³/mol. The number of hydrogen-bond donors (Lipinski definition) is 1. The van der Waals surface area contributed by atoms with Crippen LogP contribution in [0.1, 0.15) is 0 Å². The summed E-state index contributed by atoms with van der Waals surface area (Å²) in [5.74, 6) is 0.0564. The Balaban J connectivity index is 1.65. The minimum Gasteiger partial charge on any atom is -0.378 e. The van der Waals surface area contributed by atoms with E-state index in [1.165, 1.54) is 11.5 Å². The molecular weight excluding hydrogens is 467 g/mol. The van der Waals surface area contributed by atoms with E-state index >= 15 is 0 Å².